The fourth-order valence-corrected chi connectivity index (χ4v) is 9.68. The molecule has 6 aromatic carbocycles. The molecule has 8 heteroatoms. The maximum atomic E-state index is 7.06. The Bertz CT molecular complexity index is 2260. The van der Waals surface area contributed by atoms with Gasteiger partial charge in [0.05, 0.1) is 10.8 Å². The van der Waals surface area contributed by atoms with E-state index >= 15 is 0 Å². The van der Waals surface area contributed by atoms with Crippen LogP contribution in [-0.4, -0.2) is 0 Å². The van der Waals surface area contributed by atoms with E-state index in [2.05, 4.69) is 132 Å². The molecule has 0 saturated heterocycles. The molecule has 2 heterocycles. The molecule has 0 atom stereocenters. The lowest BCUT2D eigenvalue weighted by atomic mass is 9.76. The van der Waals surface area contributed by atoms with Gasteiger partial charge in [0.25, 0.3) is 0 Å². The second-order valence-corrected chi connectivity index (χ2v) is 21.4. The van der Waals surface area contributed by atoms with Crippen LogP contribution in [0.3, 0.4) is 0 Å². The largest absolute Gasteiger partial charge is 0.530 e. The van der Waals surface area contributed by atoms with Crippen molar-refractivity contribution in [2.75, 3.05) is 0 Å². The van der Waals surface area contributed by atoms with Gasteiger partial charge in [-0.15, -0.1) is 0 Å². The molecule has 8 rings (SSSR count). The standard InChI is InChI=1S/C49H54O6P2/c1-46(2,3)34-26-32(44(36(28-34)48(7,8)9)54-56-50-38-21-13-17-30-18-14-22-39(51-56)42(30)38)25-33-27-35(47(4,5)6)29-37(49(10,11)12)45(33)55-57-52-40-23-15-19-31-20-16-24-41(53-57)43(31)40/h13-24,26-29H,25H2,1-12H3. The van der Waals surface area contributed by atoms with Crippen LogP contribution >= 0.6 is 17.2 Å². The van der Waals surface area contributed by atoms with Crippen molar-refractivity contribution >= 4 is 38.7 Å². The quantitative estimate of drug-likeness (QED) is 0.156. The highest BCUT2D eigenvalue weighted by atomic mass is 31.2. The van der Waals surface area contributed by atoms with E-state index in [0.717, 1.165) is 78.3 Å². The number of hydrogen-bond donors (Lipinski definition) is 0. The molecule has 0 spiro atoms. The first kappa shape index (κ1) is 39.3. The number of benzene rings is 6. The molecule has 57 heavy (non-hydrogen) atoms. The molecule has 0 saturated carbocycles. The topological polar surface area (TPSA) is 55.4 Å². The lowest BCUT2D eigenvalue weighted by Crippen LogP contribution is -2.21. The monoisotopic (exact) mass is 800 g/mol. The minimum atomic E-state index is -1.83. The Morgan fingerprint density at radius 1 is 0.421 bits per heavy atom. The zero-order valence-electron chi connectivity index (χ0n) is 35.3. The van der Waals surface area contributed by atoms with E-state index in [-0.39, 0.29) is 21.7 Å². The summed E-state index contributed by atoms with van der Waals surface area (Å²) in [7, 11) is -3.66. The molecule has 0 fully saturated rings. The van der Waals surface area contributed by atoms with Gasteiger partial charge >= 0.3 is 17.2 Å². The van der Waals surface area contributed by atoms with E-state index in [1.54, 1.807) is 0 Å². The fraction of sp³-hybridized carbons (Fsp3) is 0.347. The summed E-state index contributed by atoms with van der Waals surface area (Å²) in [5, 5.41) is 4.06. The highest BCUT2D eigenvalue weighted by Crippen LogP contribution is 2.56. The number of rotatable bonds is 6. The molecule has 6 nitrogen and oxygen atoms in total. The summed E-state index contributed by atoms with van der Waals surface area (Å²) >= 11 is 0. The van der Waals surface area contributed by atoms with Crippen molar-refractivity contribution < 1.29 is 27.1 Å². The average molecular weight is 801 g/mol. The van der Waals surface area contributed by atoms with Crippen molar-refractivity contribution in [1.29, 1.82) is 0 Å². The second-order valence-electron chi connectivity index (χ2n) is 19.4. The maximum Gasteiger partial charge on any atom is 0.530 e. The normalized spacial score (nSPS) is 14.8. The molecule has 6 aromatic rings. The molecule has 0 unspecified atom stereocenters. The predicted octanol–water partition coefficient (Wildman–Crippen LogP) is 14.9. The van der Waals surface area contributed by atoms with Crippen molar-refractivity contribution in [2.45, 2.75) is 111 Å². The van der Waals surface area contributed by atoms with Crippen molar-refractivity contribution in [3.63, 3.8) is 0 Å². The first-order valence-corrected chi connectivity index (χ1v) is 22.0. The van der Waals surface area contributed by atoms with E-state index < -0.39 is 17.2 Å². The van der Waals surface area contributed by atoms with Gasteiger partial charge in [-0.25, -0.2) is 0 Å². The summed E-state index contributed by atoms with van der Waals surface area (Å²) in [6, 6.07) is 33.6. The van der Waals surface area contributed by atoms with Crippen LogP contribution in [0.5, 0.6) is 34.5 Å². The predicted molar refractivity (Wildman–Crippen MR) is 236 cm³/mol. The molecular formula is C49H54O6P2. The first-order valence-electron chi connectivity index (χ1n) is 19.8. The third kappa shape index (κ3) is 7.76. The Morgan fingerprint density at radius 2 is 0.737 bits per heavy atom. The van der Waals surface area contributed by atoms with Crippen LogP contribution in [0.25, 0.3) is 21.5 Å². The third-order valence-electron chi connectivity index (χ3n) is 10.7. The highest BCUT2D eigenvalue weighted by molar-refractivity contribution is 7.43. The molecule has 0 radical (unpaired) electrons. The van der Waals surface area contributed by atoms with Gasteiger partial charge in [0, 0.05) is 17.5 Å². The maximum absolute atomic E-state index is 7.06. The minimum Gasteiger partial charge on any atom is -0.408 e. The molecule has 2 aliphatic rings. The average Bonchev–Trinajstić information content (AvgIpc) is 3.11. The molecule has 0 aliphatic carbocycles. The van der Waals surface area contributed by atoms with Gasteiger partial charge in [0.2, 0.25) is 0 Å². The van der Waals surface area contributed by atoms with Gasteiger partial charge in [-0.1, -0.05) is 156 Å². The summed E-state index contributed by atoms with van der Waals surface area (Å²) in [4.78, 5) is 0. The summed E-state index contributed by atoms with van der Waals surface area (Å²) in [5.41, 5.74) is 5.91. The fourth-order valence-electron chi connectivity index (χ4n) is 7.47. The van der Waals surface area contributed by atoms with Crippen LogP contribution in [0.15, 0.2) is 97.1 Å². The third-order valence-corrected chi connectivity index (χ3v) is 12.8. The van der Waals surface area contributed by atoms with E-state index in [4.69, 9.17) is 27.1 Å². The van der Waals surface area contributed by atoms with E-state index in [1.807, 2.05) is 48.5 Å². The SMILES string of the molecule is CC(C)(C)c1cc(Cc2cc(C(C)(C)C)cc(C(C)(C)C)c2OP2Oc3cccc4cccc(c34)O2)c(OP2Oc3cccc4cccc(c34)O2)c(C(C)(C)C)c1. The Hall–Kier alpha value is -4.50. The molecule has 296 valence electrons. The van der Waals surface area contributed by atoms with Crippen LogP contribution in [0.4, 0.5) is 0 Å². The van der Waals surface area contributed by atoms with Crippen LogP contribution < -0.4 is 27.1 Å². The van der Waals surface area contributed by atoms with Crippen molar-refractivity contribution in [1.82, 2.24) is 0 Å². The van der Waals surface area contributed by atoms with Gasteiger partial charge in [0.15, 0.2) is 0 Å². The zero-order valence-corrected chi connectivity index (χ0v) is 37.1. The van der Waals surface area contributed by atoms with E-state index in [1.165, 1.54) is 11.1 Å². The van der Waals surface area contributed by atoms with Crippen LogP contribution in [0.2, 0.25) is 0 Å². The lowest BCUT2D eigenvalue weighted by molar-refractivity contribution is 0.373. The zero-order chi connectivity index (χ0) is 40.7. The summed E-state index contributed by atoms with van der Waals surface area (Å²) in [5.74, 6) is 4.60. The van der Waals surface area contributed by atoms with Gasteiger partial charge in [-0.2, -0.15) is 0 Å². The summed E-state index contributed by atoms with van der Waals surface area (Å²) in [6.45, 7) is 27.0. The lowest BCUT2D eigenvalue weighted by Gasteiger charge is -2.33. The van der Waals surface area contributed by atoms with E-state index in [0.29, 0.717) is 6.42 Å². The van der Waals surface area contributed by atoms with Crippen LogP contribution in [0.1, 0.15) is 116 Å². The van der Waals surface area contributed by atoms with Crippen molar-refractivity contribution in [3.05, 3.63) is 130 Å². The van der Waals surface area contributed by atoms with Gasteiger partial charge in [-0.3, -0.25) is 0 Å². The molecule has 0 amide bonds. The highest BCUT2D eigenvalue weighted by Gasteiger charge is 2.36. The minimum absolute atomic E-state index is 0.129. The summed E-state index contributed by atoms with van der Waals surface area (Å²) < 4.78 is 40.3. The molecule has 0 bridgehead atoms. The molecule has 0 N–H and O–H groups in total. The summed E-state index contributed by atoms with van der Waals surface area (Å²) in [6.07, 6.45) is 0.523. The van der Waals surface area contributed by atoms with Crippen molar-refractivity contribution in [2.24, 2.45) is 0 Å². The smallest absolute Gasteiger partial charge is 0.408 e. The Kier molecular flexibility index (Phi) is 9.73. The second kappa shape index (κ2) is 14.1. The molecule has 2 aliphatic heterocycles. The molecule has 0 aromatic heterocycles. The van der Waals surface area contributed by atoms with Gasteiger partial charge in [-0.05, 0) is 79.0 Å². The van der Waals surface area contributed by atoms with Gasteiger partial charge in [0.1, 0.15) is 34.5 Å². The van der Waals surface area contributed by atoms with Crippen LogP contribution in [0, 0.1) is 0 Å². The van der Waals surface area contributed by atoms with Gasteiger partial charge < -0.3 is 27.1 Å². The van der Waals surface area contributed by atoms with Crippen molar-refractivity contribution in [3.8, 4) is 34.5 Å². The number of hydrogen-bond acceptors (Lipinski definition) is 6. The Morgan fingerprint density at radius 3 is 1.02 bits per heavy atom. The Labute approximate surface area is 340 Å². The Balaban J connectivity index is 1.28. The first-order chi connectivity index (χ1) is 26.7. The molecular weight excluding hydrogens is 746 g/mol. The van der Waals surface area contributed by atoms with E-state index in [9.17, 15) is 0 Å². The van der Waals surface area contributed by atoms with Crippen LogP contribution in [-0.2, 0) is 28.1 Å².